The maximum absolute atomic E-state index is 11.2. The van der Waals surface area contributed by atoms with Crippen molar-refractivity contribution in [2.45, 2.75) is 6.42 Å². The van der Waals surface area contributed by atoms with E-state index in [4.69, 9.17) is 4.42 Å². The summed E-state index contributed by atoms with van der Waals surface area (Å²) in [6, 6.07) is 1.72. The van der Waals surface area contributed by atoms with Gasteiger partial charge in [0.1, 0.15) is 5.76 Å². The van der Waals surface area contributed by atoms with Crippen molar-refractivity contribution in [1.29, 1.82) is 0 Å². The number of halogens is 1. The molecule has 1 aromatic heterocycles. The Kier molecular flexibility index (Phi) is 2.25. The van der Waals surface area contributed by atoms with Crippen molar-refractivity contribution in [2.24, 2.45) is 0 Å². The Morgan fingerprint density at radius 1 is 1.50 bits per heavy atom. The number of hydrogen-bond acceptors (Lipinski definition) is 3. The van der Waals surface area contributed by atoms with Crippen LogP contribution in [0.2, 0.25) is 0 Å². The minimum absolute atomic E-state index is 0.117. The van der Waals surface area contributed by atoms with Crippen LogP contribution in [0.3, 0.4) is 0 Å². The van der Waals surface area contributed by atoms with E-state index in [2.05, 4.69) is 21.2 Å². The zero-order valence-electron chi connectivity index (χ0n) is 7.04. The smallest absolute Gasteiger partial charge is 0.254 e. The molecule has 1 saturated heterocycles. The molecule has 0 bridgehead atoms. The molecule has 0 atom stereocenters. The van der Waals surface area contributed by atoms with Crippen LogP contribution in [0.1, 0.15) is 12.2 Å². The predicted molar refractivity (Wildman–Crippen MR) is 52.2 cm³/mol. The molecule has 0 aromatic carbocycles. The molecule has 1 aliphatic heterocycles. The third-order valence-electron chi connectivity index (χ3n) is 1.85. The molecule has 0 saturated carbocycles. The number of nitrogens with one attached hydrogen (secondary N) is 1. The van der Waals surface area contributed by atoms with E-state index in [0.717, 1.165) is 4.47 Å². The predicted octanol–water partition coefficient (Wildman–Crippen LogP) is 1.47. The fourth-order valence-electron chi connectivity index (χ4n) is 1.19. The van der Waals surface area contributed by atoms with Gasteiger partial charge in [-0.1, -0.05) is 0 Å². The number of imide groups is 1. The molecular formula is C9H6BrNO3. The molecule has 0 unspecified atom stereocenters. The second-order valence-corrected chi connectivity index (χ2v) is 3.71. The molecule has 1 aromatic rings. The summed E-state index contributed by atoms with van der Waals surface area (Å²) in [4.78, 5) is 22.0. The van der Waals surface area contributed by atoms with E-state index in [0.29, 0.717) is 11.3 Å². The van der Waals surface area contributed by atoms with E-state index in [1.54, 1.807) is 12.1 Å². The van der Waals surface area contributed by atoms with Gasteiger partial charge < -0.3 is 4.42 Å². The molecule has 4 nitrogen and oxygen atoms in total. The second kappa shape index (κ2) is 3.42. The van der Waals surface area contributed by atoms with Crippen LogP contribution < -0.4 is 5.32 Å². The van der Waals surface area contributed by atoms with Crippen LogP contribution in [0, 0.1) is 0 Å². The Bertz CT molecular complexity index is 433. The molecule has 1 aliphatic rings. The minimum Gasteiger partial charge on any atom is -0.464 e. The lowest BCUT2D eigenvalue weighted by molar-refractivity contribution is -0.124. The number of carbonyl (C=O) groups is 2. The molecule has 2 rings (SSSR count). The van der Waals surface area contributed by atoms with Gasteiger partial charge in [-0.25, -0.2) is 0 Å². The highest BCUT2D eigenvalue weighted by Gasteiger charge is 2.24. The first-order valence-electron chi connectivity index (χ1n) is 3.94. The van der Waals surface area contributed by atoms with Crippen LogP contribution in [0.15, 0.2) is 26.8 Å². The van der Waals surface area contributed by atoms with Gasteiger partial charge in [-0.2, -0.15) is 0 Å². The van der Waals surface area contributed by atoms with Crippen LogP contribution in [-0.4, -0.2) is 11.8 Å². The Morgan fingerprint density at radius 2 is 2.29 bits per heavy atom. The zero-order valence-corrected chi connectivity index (χ0v) is 8.63. The Balaban J connectivity index is 2.32. The molecule has 0 spiro atoms. The summed E-state index contributed by atoms with van der Waals surface area (Å²) in [5.41, 5.74) is 0.422. The molecule has 5 heteroatoms. The quantitative estimate of drug-likeness (QED) is 0.611. The monoisotopic (exact) mass is 255 g/mol. The van der Waals surface area contributed by atoms with Gasteiger partial charge in [0, 0.05) is 5.57 Å². The van der Waals surface area contributed by atoms with E-state index >= 15 is 0 Å². The fourth-order valence-corrected chi connectivity index (χ4v) is 1.50. The van der Waals surface area contributed by atoms with Crippen LogP contribution in [-0.2, 0) is 9.59 Å². The third-order valence-corrected chi connectivity index (χ3v) is 2.50. The van der Waals surface area contributed by atoms with Crippen LogP contribution in [0.5, 0.6) is 0 Å². The van der Waals surface area contributed by atoms with E-state index in [9.17, 15) is 9.59 Å². The second-order valence-electron chi connectivity index (χ2n) is 2.86. The first-order valence-corrected chi connectivity index (χ1v) is 4.74. The summed E-state index contributed by atoms with van der Waals surface area (Å²) < 4.78 is 5.86. The Labute approximate surface area is 88.1 Å². The van der Waals surface area contributed by atoms with E-state index in [1.165, 1.54) is 6.26 Å². The summed E-state index contributed by atoms with van der Waals surface area (Å²) in [7, 11) is 0. The summed E-state index contributed by atoms with van der Waals surface area (Å²) in [5, 5.41) is 2.20. The molecule has 0 radical (unpaired) electrons. The average Bonchev–Trinajstić information content (AvgIpc) is 2.62. The van der Waals surface area contributed by atoms with Gasteiger partial charge >= 0.3 is 0 Å². The Hall–Kier alpha value is -1.36. The Morgan fingerprint density at radius 3 is 2.79 bits per heavy atom. The largest absolute Gasteiger partial charge is 0.464 e. The van der Waals surface area contributed by atoms with Crippen LogP contribution in [0.25, 0.3) is 6.08 Å². The van der Waals surface area contributed by atoms with E-state index in [1.807, 2.05) is 0 Å². The summed E-state index contributed by atoms with van der Waals surface area (Å²) in [5.74, 6) is -0.0768. The first kappa shape index (κ1) is 9.21. The van der Waals surface area contributed by atoms with Crippen molar-refractivity contribution in [2.75, 3.05) is 0 Å². The lowest BCUT2D eigenvalue weighted by Gasteiger charge is -1.90. The zero-order chi connectivity index (χ0) is 10.1. The number of hydrogen-bond donors (Lipinski definition) is 1. The molecule has 2 amide bonds. The van der Waals surface area contributed by atoms with Gasteiger partial charge in [0.25, 0.3) is 5.91 Å². The SMILES string of the molecule is O=C1C/C(=C/c2occc2Br)C(=O)N1. The van der Waals surface area contributed by atoms with Gasteiger partial charge in [0.05, 0.1) is 17.2 Å². The lowest BCUT2D eigenvalue weighted by atomic mass is 10.2. The van der Waals surface area contributed by atoms with Gasteiger partial charge in [-0.3, -0.25) is 14.9 Å². The first-order chi connectivity index (χ1) is 6.66. The average molecular weight is 256 g/mol. The van der Waals surface area contributed by atoms with Crippen molar-refractivity contribution >= 4 is 33.8 Å². The molecule has 14 heavy (non-hydrogen) atoms. The molecule has 0 aliphatic carbocycles. The van der Waals surface area contributed by atoms with Crippen molar-refractivity contribution in [1.82, 2.24) is 5.32 Å². The summed E-state index contributed by atoms with van der Waals surface area (Å²) in [6.07, 6.45) is 3.18. The molecule has 1 fully saturated rings. The minimum atomic E-state index is -0.349. The number of furan rings is 1. The highest BCUT2D eigenvalue weighted by Crippen LogP contribution is 2.22. The van der Waals surface area contributed by atoms with Crippen molar-refractivity contribution < 1.29 is 14.0 Å². The maximum Gasteiger partial charge on any atom is 0.254 e. The number of rotatable bonds is 1. The van der Waals surface area contributed by atoms with Crippen molar-refractivity contribution in [3.63, 3.8) is 0 Å². The van der Waals surface area contributed by atoms with E-state index in [-0.39, 0.29) is 18.2 Å². The molecule has 1 N–H and O–H groups in total. The van der Waals surface area contributed by atoms with E-state index < -0.39 is 0 Å². The molecular weight excluding hydrogens is 250 g/mol. The number of amides is 2. The van der Waals surface area contributed by atoms with Gasteiger partial charge in [0.15, 0.2) is 0 Å². The standard InChI is InChI=1S/C9H6BrNO3/c10-6-1-2-14-7(6)3-5-4-8(12)11-9(5)13/h1-3H,4H2,(H,11,12,13)/b5-3-. The molecule has 2 heterocycles. The fraction of sp³-hybridized carbons (Fsp3) is 0.111. The highest BCUT2D eigenvalue weighted by atomic mass is 79.9. The number of carbonyl (C=O) groups excluding carboxylic acids is 2. The van der Waals surface area contributed by atoms with Crippen molar-refractivity contribution in [3.05, 3.63) is 28.1 Å². The summed E-state index contributed by atoms with van der Waals surface area (Å²) >= 11 is 3.25. The van der Waals surface area contributed by atoms with Crippen molar-refractivity contribution in [3.8, 4) is 0 Å². The summed E-state index contributed by atoms with van der Waals surface area (Å²) in [6.45, 7) is 0. The third kappa shape index (κ3) is 1.63. The maximum atomic E-state index is 11.2. The van der Waals surface area contributed by atoms with Crippen LogP contribution >= 0.6 is 15.9 Å². The lowest BCUT2D eigenvalue weighted by Crippen LogP contribution is -2.19. The van der Waals surface area contributed by atoms with Gasteiger partial charge in [0.2, 0.25) is 5.91 Å². The normalized spacial score (nSPS) is 19.1. The van der Waals surface area contributed by atoms with Gasteiger partial charge in [-0.05, 0) is 28.1 Å². The topological polar surface area (TPSA) is 59.3 Å². The highest BCUT2D eigenvalue weighted by molar-refractivity contribution is 9.10. The van der Waals surface area contributed by atoms with Crippen LogP contribution in [0.4, 0.5) is 0 Å². The molecule has 72 valence electrons. The van der Waals surface area contributed by atoms with Gasteiger partial charge in [-0.15, -0.1) is 0 Å².